The van der Waals surface area contributed by atoms with E-state index in [0.29, 0.717) is 6.54 Å². The summed E-state index contributed by atoms with van der Waals surface area (Å²) in [4.78, 5) is 16.3. The van der Waals surface area contributed by atoms with Gasteiger partial charge in [-0.15, -0.1) is 0 Å². The fourth-order valence-corrected chi connectivity index (χ4v) is 2.62. The quantitative estimate of drug-likeness (QED) is 0.850. The molecule has 2 aromatic carbocycles. The molecule has 0 saturated heterocycles. The van der Waals surface area contributed by atoms with Gasteiger partial charge in [0.1, 0.15) is 0 Å². The molecule has 0 aliphatic rings. The van der Waals surface area contributed by atoms with Crippen LogP contribution in [0, 0.1) is 0 Å². The Hall–Kier alpha value is -2.33. The Morgan fingerprint density at radius 3 is 2.21 bits per heavy atom. The number of hydrogen-bond acceptors (Lipinski definition) is 3. The first-order valence-electron chi connectivity index (χ1n) is 8.25. The number of hydrogen-bond donors (Lipinski definition) is 1. The maximum atomic E-state index is 12.2. The van der Waals surface area contributed by atoms with Crippen LogP contribution in [0.1, 0.15) is 24.1 Å². The molecule has 4 nitrogen and oxygen atoms in total. The highest BCUT2D eigenvalue weighted by molar-refractivity contribution is 5.78. The van der Waals surface area contributed by atoms with Crippen molar-refractivity contribution in [3.8, 4) is 0 Å². The molecule has 0 aromatic heterocycles. The van der Waals surface area contributed by atoms with E-state index in [2.05, 4.69) is 34.5 Å². The Labute approximate surface area is 145 Å². The summed E-state index contributed by atoms with van der Waals surface area (Å²) in [5.41, 5.74) is 3.50. The van der Waals surface area contributed by atoms with E-state index in [4.69, 9.17) is 0 Å². The van der Waals surface area contributed by atoms with E-state index in [0.717, 1.165) is 12.1 Å². The van der Waals surface area contributed by atoms with Gasteiger partial charge in [-0.05, 0) is 37.2 Å². The van der Waals surface area contributed by atoms with E-state index in [1.54, 1.807) is 0 Å². The number of carbonyl (C=O) groups is 1. The molecule has 0 radical (unpaired) electrons. The molecule has 0 heterocycles. The molecule has 1 atom stereocenters. The average molecular weight is 325 g/mol. The molecule has 0 saturated carbocycles. The molecule has 1 N–H and O–H groups in total. The Kier molecular flexibility index (Phi) is 6.38. The highest BCUT2D eigenvalue weighted by Crippen LogP contribution is 2.14. The molecule has 24 heavy (non-hydrogen) atoms. The van der Waals surface area contributed by atoms with Crippen molar-refractivity contribution in [2.45, 2.75) is 19.5 Å². The molecule has 2 rings (SSSR count). The Balaban J connectivity index is 1.83. The molecule has 4 heteroatoms. The summed E-state index contributed by atoms with van der Waals surface area (Å²) in [6.45, 7) is 3.14. The summed E-state index contributed by atoms with van der Waals surface area (Å²) in [5, 5.41) is 3.05. The van der Waals surface area contributed by atoms with E-state index in [1.165, 1.54) is 11.3 Å². The highest BCUT2D eigenvalue weighted by Gasteiger charge is 2.11. The summed E-state index contributed by atoms with van der Waals surface area (Å²) < 4.78 is 0. The van der Waals surface area contributed by atoms with Crippen LogP contribution in [0.2, 0.25) is 0 Å². The zero-order chi connectivity index (χ0) is 17.5. The van der Waals surface area contributed by atoms with Crippen LogP contribution >= 0.6 is 0 Å². The molecule has 0 unspecified atom stereocenters. The number of rotatable bonds is 7. The third-order valence-corrected chi connectivity index (χ3v) is 4.00. The first-order valence-corrected chi connectivity index (χ1v) is 8.25. The number of anilines is 1. The van der Waals surface area contributed by atoms with Crippen molar-refractivity contribution in [2.75, 3.05) is 32.6 Å². The van der Waals surface area contributed by atoms with Crippen LogP contribution in [0.25, 0.3) is 0 Å². The first kappa shape index (κ1) is 18.0. The zero-order valence-corrected chi connectivity index (χ0v) is 15.0. The van der Waals surface area contributed by atoms with E-state index in [9.17, 15) is 4.79 Å². The lowest BCUT2D eigenvalue weighted by atomic mass is 10.1. The molecular formula is C20H27N3O. The van der Waals surface area contributed by atoms with E-state index < -0.39 is 0 Å². The van der Waals surface area contributed by atoms with E-state index >= 15 is 0 Å². The number of amides is 1. The Morgan fingerprint density at radius 1 is 1.00 bits per heavy atom. The highest BCUT2D eigenvalue weighted by atomic mass is 16.2. The first-order chi connectivity index (χ1) is 11.5. The lowest BCUT2D eigenvalue weighted by Crippen LogP contribution is -2.36. The number of likely N-dealkylation sites (N-methyl/N-ethyl adjacent to an activating group) is 1. The van der Waals surface area contributed by atoms with Crippen molar-refractivity contribution in [3.05, 3.63) is 65.7 Å². The Morgan fingerprint density at radius 2 is 1.62 bits per heavy atom. The molecule has 0 spiro atoms. The molecule has 0 aliphatic heterocycles. The third-order valence-electron chi connectivity index (χ3n) is 4.00. The summed E-state index contributed by atoms with van der Waals surface area (Å²) >= 11 is 0. The minimum atomic E-state index is 0.0199. The number of benzene rings is 2. The smallest absolute Gasteiger partial charge is 0.234 e. The molecule has 0 fully saturated rings. The van der Waals surface area contributed by atoms with Gasteiger partial charge >= 0.3 is 0 Å². The normalized spacial score (nSPS) is 12.0. The lowest BCUT2D eigenvalue weighted by molar-refractivity contribution is -0.122. The van der Waals surface area contributed by atoms with Crippen LogP contribution in [0.3, 0.4) is 0 Å². The zero-order valence-electron chi connectivity index (χ0n) is 15.0. The maximum Gasteiger partial charge on any atom is 0.234 e. The fraction of sp³-hybridized carbons (Fsp3) is 0.350. The minimum Gasteiger partial charge on any atom is -0.378 e. The van der Waals surface area contributed by atoms with Gasteiger partial charge in [0.15, 0.2) is 0 Å². The molecule has 128 valence electrons. The van der Waals surface area contributed by atoms with Crippen LogP contribution in [0.15, 0.2) is 54.6 Å². The SMILES string of the molecule is C[C@H](NC(=O)CN(C)Cc1ccc(N(C)C)cc1)c1ccccc1. The third kappa shape index (κ3) is 5.39. The molecule has 0 aliphatic carbocycles. The van der Waals surface area contributed by atoms with Crippen LogP contribution in [-0.4, -0.2) is 38.5 Å². The minimum absolute atomic E-state index is 0.0199. The predicted molar refractivity (Wildman–Crippen MR) is 100 cm³/mol. The van der Waals surface area contributed by atoms with Gasteiger partial charge in [0.2, 0.25) is 5.91 Å². The van der Waals surface area contributed by atoms with Crippen molar-refractivity contribution >= 4 is 11.6 Å². The van der Waals surface area contributed by atoms with Crippen LogP contribution in [0.4, 0.5) is 5.69 Å². The molecule has 1 amide bonds. The summed E-state index contributed by atoms with van der Waals surface area (Å²) in [6.07, 6.45) is 0. The van der Waals surface area contributed by atoms with Gasteiger partial charge in [0.25, 0.3) is 0 Å². The van der Waals surface area contributed by atoms with Crippen LogP contribution in [0.5, 0.6) is 0 Å². The summed E-state index contributed by atoms with van der Waals surface area (Å²) in [5.74, 6) is 0.0405. The van der Waals surface area contributed by atoms with Crippen molar-refractivity contribution in [3.63, 3.8) is 0 Å². The van der Waals surface area contributed by atoms with Crippen molar-refractivity contribution < 1.29 is 4.79 Å². The number of carbonyl (C=O) groups excluding carboxylic acids is 1. The van der Waals surface area contributed by atoms with E-state index in [-0.39, 0.29) is 11.9 Å². The lowest BCUT2D eigenvalue weighted by Gasteiger charge is -2.20. The monoisotopic (exact) mass is 325 g/mol. The fourth-order valence-electron chi connectivity index (χ4n) is 2.62. The van der Waals surface area contributed by atoms with Gasteiger partial charge < -0.3 is 10.2 Å². The van der Waals surface area contributed by atoms with Crippen LogP contribution in [-0.2, 0) is 11.3 Å². The van der Waals surface area contributed by atoms with Gasteiger partial charge in [0.05, 0.1) is 12.6 Å². The number of nitrogens with zero attached hydrogens (tertiary/aromatic N) is 2. The standard InChI is InChI=1S/C20H27N3O/c1-16(18-8-6-5-7-9-18)21-20(24)15-23(4)14-17-10-12-19(13-11-17)22(2)3/h5-13,16H,14-15H2,1-4H3,(H,21,24)/t16-/m0/s1. The van der Waals surface area contributed by atoms with Gasteiger partial charge in [-0.1, -0.05) is 42.5 Å². The van der Waals surface area contributed by atoms with Gasteiger partial charge in [0, 0.05) is 26.3 Å². The predicted octanol–water partition coefficient (Wildman–Crippen LogP) is 3.06. The molecule has 2 aromatic rings. The van der Waals surface area contributed by atoms with Gasteiger partial charge in [-0.3, -0.25) is 9.69 Å². The van der Waals surface area contributed by atoms with Crippen molar-refractivity contribution in [2.24, 2.45) is 0 Å². The number of nitrogens with one attached hydrogen (secondary N) is 1. The van der Waals surface area contributed by atoms with Crippen LogP contribution < -0.4 is 10.2 Å². The van der Waals surface area contributed by atoms with Gasteiger partial charge in [-0.25, -0.2) is 0 Å². The average Bonchev–Trinajstić information content (AvgIpc) is 2.55. The van der Waals surface area contributed by atoms with E-state index in [1.807, 2.05) is 63.3 Å². The second-order valence-corrected chi connectivity index (χ2v) is 6.43. The summed E-state index contributed by atoms with van der Waals surface area (Å²) in [7, 11) is 6.02. The topological polar surface area (TPSA) is 35.6 Å². The Bertz CT molecular complexity index is 638. The maximum absolute atomic E-state index is 12.2. The second-order valence-electron chi connectivity index (χ2n) is 6.43. The molecule has 0 bridgehead atoms. The van der Waals surface area contributed by atoms with Crippen molar-refractivity contribution in [1.29, 1.82) is 0 Å². The largest absolute Gasteiger partial charge is 0.378 e. The van der Waals surface area contributed by atoms with Gasteiger partial charge in [-0.2, -0.15) is 0 Å². The summed E-state index contributed by atoms with van der Waals surface area (Å²) in [6, 6.07) is 18.4. The second kappa shape index (κ2) is 8.50. The van der Waals surface area contributed by atoms with Crippen molar-refractivity contribution in [1.82, 2.24) is 10.2 Å². The molecular weight excluding hydrogens is 298 g/mol.